The molecule has 0 unspecified atom stereocenters. The predicted octanol–water partition coefficient (Wildman–Crippen LogP) is 2.28. The Balaban J connectivity index is 1.86. The highest BCUT2D eigenvalue weighted by Gasteiger charge is 2.14. The summed E-state index contributed by atoms with van der Waals surface area (Å²) >= 11 is 3.38. The van der Waals surface area contributed by atoms with E-state index in [-0.39, 0.29) is 5.78 Å². The Morgan fingerprint density at radius 3 is 2.65 bits per heavy atom. The van der Waals surface area contributed by atoms with Gasteiger partial charge in [-0.3, -0.25) is 9.69 Å². The number of nitrogens with zero attached hydrogens (tertiary/aromatic N) is 2. The molecular formula is C15H21BrN2O2. The van der Waals surface area contributed by atoms with Crippen molar-refractivity contribution in [1.29, 1.82) is 0 Å². The molecule has 1 heterocycles. The molecule has 0 N–H and O–H groups in total. The quantitative estimate of drug-likeness (QED) is 0.770. The molecule has 4 nitrogen and oxygen atoms in total. The zero-order valence-electron chi connectivity index (χ0n) is 12.1. The zero-order chi connectivity index (χ0) is 14.5. The number of hydrogen-bond acceptors (Lipinski definition) is 4. The van der Waals surface area contributed by atoms with E-state index in [9.17, 15) is 4.79 Å². The number of carbonyl (C=O) groups excluding carboxylic acids is 1. The summed E-state index contributed by atoms with van der Waals surface area (Å²) in [6.07, 6.45) is 0. The zero-order valence-corrected chi connectivity index (χ0v) is 13.6. The first-order valence-electron chi connectivity index (χ1n) is 6.90. The minimum atomic E-state index is 0.0286. The topological polar surface area (TPSA) is 32.8 Å². The molecule has 1 aromatic carbocycles. The third kappa shape index (κ3) is 4.30. The summed E-state index contributed by atoms with van der Waals surface area (Å²) in [5, 5.41) is 0. The highest BCUT2D eigenvalue weighted by molar-refractivity contribution is 9.10. The van der Waals surface area contributed by atoms with Crippen LogP contribution < -0.4 is 4.74 Å². The molecule has 0 amide bonds. The van der Waals surface area contributed by atoms with Gasteiger partial charge >= 0.3 is 0 Å². The smallest absolute Gasteiger partial charge is 0.163 e. The monoisotopic (exact) mass is 340 g/mol. The van der Waals surface area contributed by atoms with Crippen LogP contribution in [-0.2, 0) is 0 Å². The molecular weight excluding hydrogens is 320 g/mol. The Kier molecular flexibility index (Phi) is 5.57. The molecule has 5 heteroatoms. The average molecular weight is 341 g/mol. The van der Waals surface area contributed by atoms with Gasteiger partial charge in [-0.15, -0.1) is 0 Å². The average Bonchev–Trinajstić information content (AvgIpc) is 2.42. The van der Waals surface area contributed by atoms with Crippen LogP contribution in [0.2, 0.25) is 0 Å². The van der Waals surface area contributed by atoms with Crippen molar-refractivity contribution in [3.63, 3.8) is 0 Å². The molecule has 0 saturated carbocycles. The first-order chi connectivity index (χ1) is 9.56. The third-order valence-electron chi connectivity index (χ3n) is 3.58. The molecule has 1 aromatic rings. The van der Waals surface area contributed by atoms with E-state index in [2.05, 4.69) is 32.8 Å². The molecule has 2 rings (SSSR count). The van der Waals surface area contributed by atoms with Crippen LogP contribution in [0.3, 0.4) is 0 Å². The fourth-order valence-corrected chi connectivity index (χ4v) is 2.62. The molecule has 20 heavy (non-hydrogen) atoms. The van der Waals surface area contributed by atoms with Crippen LogP contribution in [0.5, 0.6) is 5.75 Å². The highest BCUT2D eigenvalue weighted by atomic mass is 79.9. The Morgan fingerprint density at radius 2 is 2.00 bits per heavy atom. The van der Waals surface area contributed by atoms with Crippen molar-refractivity contribution in [3.05, 3.63) is 28.2 Å². The number of carbonyl (C=O) groups is 1. The molecule has 0 atom stereocenters. The summed E-state index contributed by atoms with van der Waals surface area (Å²) in [6, 6.07) is 5.57. The van der Waals surface area contributed by atoms with Crippen molar-refractivity contribution in [3.8, 4) is 5.75 Å². The van der Waals surface area contributed by atoms with E-state index in [4.69, 9.17) is 4.74 Å². The molecule has 1 fully saturated rings. The fraction of sp³-hybridized carbons (Fsp3) is 0.533. The maximum absolute atomic E-state index is 11.6. The maximum atomic E-state index is 11.6. The van der Waals surface area contributed by atoms with E-state index in [1.54, 1.807) is 6.92 Å². The number of ketones is 1. The number of likely N-dealkylation sites (N-methyl/N-ethyl adjacent to an activating group) is 1. The van der Waals surface area contributed by atoms with E-state index in [1.165, 1.54) is 0 Å². The summed E-state index contributed by atoms with van der Waals surface area (Å²) in [7, 11) is 2.15. The van der Waals surface area contributed by atoms with Crippen molar-refractivity contribution in [2.24, 2.45) is 0 Å². The number of Topliss-reactive ketones (excluding diaryl/α,β-unsaturated/α-hetero) is 1. The SMILES string of the molecule is CC(=O)c1cc(Br)ccc1OCCN1CCN(C)CC1. The summed E-state index contributed by atoms with van der Waals surface area (Å²) in [5.74, 6) is 0.704. The van der Waals surface area contributed by atoms with Gasteiger partial charge in [-0.25, -0.2) is 0 Å². The number of hydrogen-bond donors (Lipinski definition) is 0. The molecule has 0 spiro atoms. The summed E-state index contributed by atoms with van der Waals surface area (Å²) in [6.45, 7) is 7.47. The van der Waals surface area contributed by atoms with Gasteiger partial charge in [-0.05, 0) is 32.2 Å². The minimum Gasteiger partial charge on any atom is -0.491 e. The van der Waals surface area contributed by atoms with Crippen LogP contribution >= 0.6 is 15.9 Å². The van der Waals surface area contributed by atoms with E-state index in [1.807, 2.05) is 18.2 Å². The second kappa shape index (κ2) is 7.20. The molecule has 110 valence electrons. The largest absolute Gasteiger partial charge is 0.491 e. The predicted molar refractivity (Wildman–Crippen MR) is 83.6 cm³/mol. The van der Waals surface area contributed by atoms with Crippen LogP contribution in [0, 0.1) is 0 Å². The van der Waals surface area contributed by atoms with Gasteiger partial charge in [-0.2, -0.15) is 0 Å². The Labute approximate surface area is 128 Å². The van der Waals surface area contributed by atoms with Gasteiger partial charge in [0.2, 0.25) is 0 Å². The number of ether oxygens (including phenoxy) is 1. The molecule has 0 aromatic heterocycles. The van der Waals surface area contributed by atoms with Gasteiger partial charge in [0, 0.05) is 37.2 Å². The van der Waals surface area contributed by atoms with E-state index in [0.29, 0.717) is 17.9 Å². The normalized spacial score (nSPS) is 17.1. The highest BCUT2D eigenvalue weighted by Crippen LogP contribution is 2.23. The summed E-state index contributed by atoms with van der Waals surface area (Å²) in [5.41, 5.74) is 0.637. The first kappa shape index (κ1) is 15.5. The van der Waals surface area contributed by atoms with Gasteiger partial charge in [0.05, 0.1) is 5.56 Å². The van der Waals surface area contributed by atoms with Crippen molar-refractivity contribution in [2.45, 2.75) is 6.92 Å². The second-order valence-corrected chi connectivity index (χ2v) is 6.11. The Bertz CT molecular complexity index is 471. The van der Waals surface area contributed by atoms with Crippen LogP contribution in [-0.4, -0.2) is 62.0 Å². The number of rotatable bonds is 5. The van der Waals surface area contributed by atoms with E-state index >= 15 is 0 Å². The van der Waals surface area contributed by atoms with Crippen molar-refractivity contribution < 1.29 is 9.53 Å². The molecule has 0 radical (unpaired) electrons. The lowest BCUT2D eigenvalue weighted by atomic mass is 10.1. The lowest BCUT2D eigenvalue weighted by Crippen LogP contribution is -2.45. The van der Waals surface area contributed by atoms with Crippen LogP contribution in [0.15, 0.2) is 22.7 Å². The molecule has 1 aliphatic heterocycles. The van der Waals surface area contributed by atoms with Crippen molar-refractivity contribution in [2.75, 3.05) is 46.4 Å². The Hall–Kier alpha value is -0.910. The molecule has 1 saturated heterocycles. The van der Waals surface area contributed by atoms with Crippen molar-refractivity contribution in [1.82, 2.24) is 9.80 Å². The van der Waals surface area contributed by atoms with Gasteiger partial charge in [0.1, 0.15) is 12.4 Å². The van der Waals surface area contributed by atoms with Gasteiger partial charge in [0.15, 0.2) is 5.78 Å². The minimum absolute atomic E-state index is 0.0286. The van der Waals surface area contributed by atoms with Gasteiger partial charge in [0.25, 0.3) is 0 Å². The van der Waals surface area contributed by atoms with Crippen LogP contribution in [0.4, 0.5) is 0 Å². The van der Waals surface area contributed by atoms with Gasteiger partial charge in [-0.1, -0.05) is 15.9 Å². The van der Waals surface area contributed by atoms with Crippen molar-refractivity contribution >= 4 is 21.7 Å². The summed E-state index contributed by atoms with van der Waals surface area (Å²) in [4.78, 5) is 16.3. The molecule has 1 aliphatic rings. The number of piperazine rings is 1. The number of benzene rings is 1. The van der Waals surface area contributed by atoms with Crippen LogP contribution in [0.25, 0.3) is 0 Å². The standard InChI is InChI=1S/C15H21BrN2O2/c1-12(19)14-11-13(16)3-4-15(14)20-10-9-18-7-5-17(2)6-8-18/h3-4,11H,5-10H2,1-2H3. The Morgan fingerprint density at radius 1 is 1.30 bits per heavy atom. The first-order valence-corrected chi connectivity index (χ1v) is 7.70. The summed E-state index contributed by atoms with van der Waals surface area (Å²) < 4.78 is 6.68. The number of halogens is 1. The molecule has 0 aliphatic carbocycles. The lowest BCUT2D eigenvalue weighted by Gasteiger charge is -2.32. The van der Waals surface area contributed by atoms with E-state index < -0.39 is 0 Å². The fourth-order valence-electron chi connectivity index (χ4n) is 2.26. The van der Waals surface area contributed by atoms with Crippen LogP contribution in [0.1, 0.15) is 17.3 Å². The molecule has 0 bridgehead atoms. The van der Waals surface area contributed by atoms with Gasteiger partial charge < -0.3 is 9.64 Å². The second-order valence-electron chi connectivity index (χ2n) is 5.19. The maximum Gasteiger partial charge on any atom is 0.163 e. The lowest BCUT2D eigenvalue weighted by molar-refractivity contribution is 0.101. The third-order valence-corrected chi connectivity index (χ3v) is 4.08. The van der Waals surface area contributed by atoms with E-state index in [0.717, 1.165) is 37.2 Å².